The summed E-state index contributed by atoms with van der Waals surface area (Å²) in [5.41, 5.74) is 2.17. The summed E-state index contributed by atoms with van der Waals surface area (Å²) in [6.45, 7) is 2.53. The highest BCUT2D eigenvalue weighted by molar-refractivity contribution is 9.11. The molecule has 4 aromatic rings. The number of nitrogens with zero attached hydrogens (tertiary/aromatic N) is 3. The molecule has 178 valence electrons. The minimum atomic E-state index is -0.216. The van der Waals surface area contributed by atoms with Gasteiger partial charge < -0.3 is 14.2 Å². The first-order valence-electron chi connectivity index (χ1n) is 10.7. The van der Waals surface area contributed by atoms with Gasteiger partial charge in [0, 0.05) is 10.9 Å². The maximum absolute atomic E-state index is 13.1. The molecule has 3 aromatic carbocycles. The molecule has 0 saturated heterocycles. The summed E-state index contributed by atoms with van der Waals surface area (Å²) in [7, 11) is 0. The van der Waals surface area contributed by atoms with Gasteiger partial charge in [0.1, 0.15) is 18.2 Å². The lowest BCUT2D eigenvalue weighted by molar-refractivity contribution is 0.174. The first kappa shape index (κ1) is 24.0. The zero-order valence-electron chi connectivity index (χ0n) is 18.4. The third-order valence-corrected chi connectivity index (χ3v) is 7.03. The summed E-state index contributed by atoms with van der Waals surface area (Å²) in [5.74, 6) is 2.69. The Morgan fingerprint density at radius 1 is 1.06 bits per heavy atom. The summed E-state index contributed by atoms with van der Waals surface area (Å²) < 4.78 is 20.5. The van der Waals surface area contributed by atoms with Crippen LogP contribution in [0.4, 0.5) is 0 Å². The predicted octanol–water partition coefficient (Wildman–Crippen LogP) is 6.44. The summed E-state index contributed by atoms with van der Waals surface area (Å²) in [6.07, 6.45) is 2.20. The van der Waals surface area contributed by atoms with Crippen LogP contribution >= 0.6 is 47.8 Å². The Morgan fingerprint density at radius 3 is 2.60 bits per heavy atom. The standard InChI is InChI=1S/C25H18Br3N3O4/c1-2-23-30-20-5-4-16(26)10-17(20)25(32)31(23)29-11-15-7-18(27)24(19(28)8-15)33-12-14-3-6-21-22(9-14)35-13-34-21/h3-11H,2,12-13H2,1H3. The van der Waals surface area contributed by atoms with Crippen LogP contribution in [0.15, 0.2) is 71.8 Å². The smallest absolute Gasteiger partial charge is 0.282 e. The quantitative estimate of drug-likeness (QED) is 0.222. The van der Waals surface area contributed by atoms with Gasteiger partial charge in [-0.25, -0.2) is 4.98 Å². The van der Waals surface area contributed by atoms with Gasteiger partial charge in [-0.3, -0.25) is 4.79 Å². The normalized spacial score (nSPS) is 12.6. The molecule has 0 spiro atoms. The second-order valence-electron chi connectivity index (χ2n) is 7.69. The van der Waals surface area contributed by atoms with Crippen LogP contribution in [0.2, 0.25) is 0 Å². The zero-order chi connectivity index (χ0) is 24.5. The Labute approximate surface area is 226 Å². The first-order chi connectivity index (χ1) is 16.9. The molecular weight excluding hydrogens is 646 g/mol. The largest absolute Gasteiger partial charge is 0.487 e. The van der Waals surface area contributed by atoms with Crippen molar-refractivity contribution in [3.05, 3.63) is 89.3 Å². The lowest BCUT2D eigenvalue weighted by atomic mass is 10.2. The first-order valence-corrected chi connectivity index (χ1v) is 13.1. The van der Waals surface area contributed by atoms with Gasteiger partial charge in [-0.05, 0) is 85.5 Å². The zero-order valence-corrected chi connectivity index (χ0v) is 23.2. The third-order valence-electron chi connectivity index (χ3n) is 5.35. The molecule has 7 nitrogen and oxygen atoms in total. The lowest BCUT2D eigenvalue weighted by Gasteiger charge is -2.12. The molecule has 1 aliphatic heterocycles. The van der Waals surface area contributed by atoms with Gasteiger partial charge in [0.05, 0.1) is 26.1 Å². The van der Waals surface area contributed by atoms with Gasteiger partial charge in [-0.2, -0.15) is 9.78 Å². The van der Waals surface area contributed by atoms with E-state index in [1.165, 1.54) is 4.68 Å². The van der Waals surface area contributed by atoms with Gasteiger partial charge in [0.2, 0.25) is 6.79 Å². The highest BCUT2D eigenvalue weighted by atomic mass is 79.9. The number of aromatic nitrogens is 2. The number of aryl methyl sites for hydroxylation is 1. The minimum absolute atomic E-state index is 0.216. The maximum Gasteiger partial charge on any atom is 0.282 e. The van der Waals surface area contributed by atoms with Crippen LogP contribution in [-0.2, 0) is 13.0 Å². The Bertz CT molecular complexity index is 1510. The highest BCUT2D eigenvalue weighted by Gasteiger charge is 2.15. The third kappa shape index (κ3) is 5.00. The van der Waals surface area contributed by atoms with Crippen LogP contribution < -0.4 is 19.8 Å². The van der Waals surface area contributed by atoms with E-state index in [0.717, 1.165) is 30.3 Å². The average molecular weight is 664 g/mol. The topological polar surface area (TPSA) is 74.9 Å². The Kier molecular flexibility index (Phi) is 6.95. The lowest BCUT2D eigenvalue weighted by Crippen LogP contribution is -2.22. The molecule has 35 heavy (non-hydrogen) atoms. The van der Waals surface area contributed by atoms with Gasteiger partial charge in [-0.1, -0.05) is 28.9 Å². The number of rotatable bonds is 6. The summed E-state index contributed by atoms with van der Waals surface area (Å²) in [6, 6.07) is 14.9. The minimum Gasteiger partial charge on any atom is -0.487 e. The fourth-order valence-electron chi connectivity index (χ4n) is 3.65. The van der Waals surface area contributed by atoms with Gasteiger partial charge in [0.15, 0.2) is 11.5 Å². The predicted molar refractivity (Wildman–Crippen MR) is 145 cm³/mol. The molecule has 1 aliphatic rings. The Balaban J connectivity index is 1.40. The molecule has 0 aliphatic carbocycles. The van der Waals surface area contributed by atoms with Crippen molar-refractivity contribution in [2.24, 2.45) is 5.10 Å². The second-order valence-corrected chi connectivity index (χ2v) is 10.3. The highest BCUT2D eigenvalue weighted by Crippen LogP contribution is 2.36. The molecule has 0 radical (unpaired) electrons. The molecule has 0 atom stereocenters. The molecule has 0 saturated carbocycles. The molecular formula is C25H18Br3N3O4. The second kappa shape index (κ2) is 10.1. The Hall–Kier alpha value is -2.69. The van der Waals surface area contributed by atoms with Crippen molar-refractivity contribution in [2.45, 2.75) is 20.0 Å². The van der Waals surface area contributed by atoms with E-state index < -0.39 is 0 Å². The van der Waals surface area contributed by atoms with Crippen LogP contribution in [0.5, 0.6) is 17.2 Å². The number of halogens is 3. The number of benzene rings is 3. The van der Waals surface area contributed by atoms with Gasteiger partial charge in [0.25, 0.3) is 5.56 Å². The van der Waals surface area contributed by atoms with Crippen molar-refractivity contribution in [1.82, 2.24) is 9.66 Å². The van der Waals surface area contributed by atoms with Crippen LogP contribution in [0.1, 0.15) is 23.9 Å². The summed E-state index contributed by atoms with van der Waals surface area (Å²) >= 11 is 10.6. The van der Waals surface area contributed by atoms with E-state index >= 15 is 0 Å². The van der Waals surface area contributed by atoms with Crippen molar-refractivity contribution in [2.75, 3.05) is 6.79 Å². The van der Waals surface area contributed by atoms with Crippen LogP contribution in [0.25, 0.3) is 10.9 Å². The SMILES string of the molecule is CCc1nc2ccc(Br)cc2c(=O)n1N=Cc1cc(Br)c(OCc2ccc3c(c2)OCO3)c(Br)c1. The fourth-order valence-corrected chi connectivity index (χ4v) is 5.46. The summed E-state index contributed by atoms with van der Waals surface area (Å²) in [4.78, 5) is 17.7. The van der Waals surface area contributed by atoms with Gasteiger partial charge in [-0.15, -0.1) is 0 Å². The molecule has 0 unspecified atom stereocenters. The molecule has 0 N–H and O–H groups in total. The summed E-state index contributed by atoms with van der Waals surface area (Å²) in [5, 5.41) is 4.96. The monoisotopic (exact) mass is 661 g/mol. The molecule has 1 aromatic heterocycles. The van der Waals surface area contributed by atoms with Crippen LogP contribution in [-0.4, -0.2) is 22.7 Å². The molecule has 2 heterocycles. The molecule has 0 fully saturated rings. The van der Waals surface area contributed by atoms with E-state index in [0.29, 0.717) is 41.3 Å². The molecule has 0 amide bonds. The molecule has 5 rings (SSSR count). The maximum atomic E-state index is 13.1. The number of hydrogen-bond donors (Lipinski definition) is 0. The van der Waals surface area contributed by atoms with E-state index in [4.69, 9.17) is 14.2 Å². The number of fused-ring (bicyclic) bond motifs is 2. The van der Waals surface area contributed by atoms with Crippen LogP contribution in [0.3, 0.4) is 0 Å². The average Bonchev–Trinajstić information content (AvgIpc) is 3.31. The van der Waals surface area contributed by atoms with E-state index in [1.807, 2.05) is 49.4 Å². The van der Waals surface area contributed by atoms with Crippen LogP contribution in [0, 0.1) is 0 Å². The fraction of sp³-hybridized carbons (Fsp3) is 0.160. The van der Waals surface area contributed by atoms with Crippen molar-refractivity contribution in [3.63, 3.8) is 0 Å². The van der Waals surface area contributed by atoms with Crippen molar-refractivity contribution < 1.29 is 14.2 Å². The van der Waals surface area contributed by atoms with E-state index in [9.17, 15) is 4.79 Å². The van der Waals surface area contributed by atoms with E-state index in [-0.39, 0.29) is 12.4 Å². The van der Waals surface area contributed by atoms with Crippen molar-refractivity contribution >= 4 is 64.9 Å². The number of hydrogen-bond acceptors (Lipinski definition) is 6. The van der Waals surface area contributed by atoms with Crippen molar-refractivity contribution in [3.8, 4) is 17.2 Å². The molecule has 10 heteroatoms. The van der Waals surface area contributed by atoms with E-state index in [2.05, 4.69) is 57.9 Å². The van der Waals surface area contributed by atoms with E-state index in [1.54, 1.807) is 12.3 Å². The van der Waals surface area contributed by atoms with Crippen molar-refractivity contribution in [1.29, 1.82) is 0 Å². The number of ether oxygens (including phenoxy) is 3. The Morgan fingerprint density at radius 2 is 1.83 bits per heavy atom. The van der Waals surface area contributed by atoms with Gasteiger partial charge >= 0.3 is 0 Å². The molecule has 0 bridgehead atoms.